The summed E-state index contributed by atoms with van der Waals surface area (Å²) in [5, 5.41) is 2.49. The maximum Gasteiger partial charge on any atom is 0.307 e. The Balaban J connectivity index is 4.01. The molecule has 1 amide bonds. The van der Waals surface area contributed by atoms with Crippen molar-refractivity contribution >= 4 is 11.9 Å². The molecule has 14 heavy (non-hydrogen) atoms. The molecular formula is C10H19NO3. The number of amides is 1. The second kappa shape index (κ2) is 4.98. The zero-order chi connectivity index (χ0) is 11.4. The van der Waals surface area contributed by atoms with Crippen molar-refractivity contribution in [3.63, 3.8) is 0 Å². The fourth-order valence-electron chi connectivity index (χ4n) is 0.972. The van der Waals surface area contributed by atoms with Crippen molar-refractivity contribution in [1.82, 2.24) is 5.32 Å². The maximum absolute atomic E-state index is 11.3. The highest BCUT2D eigenvalue weighted by atomic mass is 16.6. The molecule has 0 aliphatic rings. The summed E-state index contributed by atoms with van der Waals surface area (Å²) >= 11 is 0. The van der Waals surface area contributed by atoms with Gasteiger partial charge < -0.3 is 10.1 Å². The predicted molar refractivity (Wildman–Crippen MR) is 53.7 cm³/mol. The van der Waals surface area contributed by atoms with Gasteiger partial charge >= 0.3 is 5.97 Å². The van der Waals surface area contributed by atoms with Gasteiger partial charge in [-0.3, -0.25) is 9.59 Å². The van der Waals surface area contributed by atoms with E-state index < -0.39 is 5.60 Å². The Labute approximate surface area is 85.0 Å². The van der Waals surface area contributed by atoms with Crippen molar-refractivity contribution in [2.24, 2.45) is 5.92 Å². The number of carbonyl (C=O) groups excluding carboxylic acids is 2. The summed E-state index contributed by atoms with van der Waals surface area (Å²) in [5.74, 6) is -0.820. The van der Waals surface area contributed by atoms with E-state index in [1.165, 1.54) is 0 Å². The molecule has 4 nitrogen and oxygen atoms in total. The van der Waals surface area contributed by atoms with Gasteiger partial charge in [-0.25, -0.2) is 0 Å². The third kappa shape index (κ3) is 5.56. The van der Waals surface area contributed by atoms with Gasteiger partial charge in [0.1, 0.15) is 5.60 Å². The molecule has 0 heterocycles. The third-order valence-electron chi connectivity index (χ3n) is 1.59. The van der Waals surface area contributed by atoms with E-state index in [4.69, 9.17) is 4.74 Å². The molecule has 0 spiro atoms. The monoisotopic (exact) mass is 201 g/mol. The molecule has 1 atom stereocenters. The summed E-state index contributed by atoms with van der Waals surface area (Å²) in [4.78, 5) is 22.4. The van der Waals surface area contributed by atoms with Crippen LogP contribution in [0.25, 0.3) is 0 Å². The summed E-state index contributed by atoms with van der Waals surface area (Å²) < 4.78 is 5.08. The lowest BCUT2D eigenvalue weighted by Gasteiger charge is -2.20. The van der Waals surface area contributed by atoms with E-state index in [9.17, 15) is 9.59 Å². The molecule has 0 radical (unpaired) electrons. The van der Waals surface area contributed by atoms with Crippen LogP contribution in [0.5, 0.6) is 0 Å². The molecule has 0 saturated heterocycles. The Morgan fingerprint density at radius 1 is 1.36 bits per heavy atom. The quantitative estimate of drug-likeness (QED) is 0.696. The van der Waals surface area contributed by atoms with E-state index in [0.717, 1.165) is 0 Å². The molecule has 0 aliphatic carbocycles. The van der Waals surface area contributed by atoms with Crippen molar-refractivity contribution in [3.05, 3.63) is 0 Å². The Morgan fingerprint density at radius 2 is 1.86 bits per heavy atom. The molecule has 1 N–H and O–H groups in total. The molecule has 4 heteroatoms. The summed E-state index contributed by atoms with van der Waals surface area (Å²) in [6.07, 6.45) is 0.122. The molecule has 0 saturated carbocycles. The molecule has 0 aromatic carbocycles. The maximum atomic E-state index is 11.3. The van der Waals surface area contributed by atoms with Crippen LogP contribution in [0.1, 0.15) is 34.1 Å². The molecule has 0 bridgehead atoms. The Kier molecular flexibility index (Phi) is 4.60. The predicted octanol–water partition coefficient (Wildman–Crippen LogP) is 1.10. The van der Waals surface area contributed by atoms with Crippen LogP contribution >= 0.6 is 0 Å². The number of esters is 1. The first-order valence-electron chi connectivity index (χ1n) is 4.69. The molecule has 0 fully saturated rings. The second-order valence-electron chi connectivity index (χ2n) is 4.31. The van der Waals surface area contributed by atoms with Crippen LogP contribution in [0, 0.1) is 5.92 Å². The smallest absolute Gasteiger partial charge is 0.307 e. The average molecular weight is 201 g/mol. The highest BCUT2D eigenvalue weighted by molar-refractivity contribution is 5.83. The topological polar surface area (TPSA) is 55.4 Å². The summed E-state index contributed by atoms with van der Waals surface area (Å²) in [7, 11) is 1.55. The number of hydrogen-bond acceptors (Lipinski definition) is 3. The third-order valence-corrected chi connectivity index (χ3v) is 1.59. The van der Waals surface area contributed by atoms with Crippen molar-refractivity contribution in [1.29, 1.82) is 0 Å². The number of nitrogens with one attached hydrogen (secondary N) is 1. The standard InChI is InChI=1S/C10H19NO3/c1-7(9(13)11-5)6-8(12)14-10(2,3)4/h7H,6H2,1-5H3,(H,11,13). The fraction of sp³-hybridized carbons (Fsp3) is 0.800. The van der Waals surface area contributed by atoms with Crippen LogP contribution in [0.15, 0.2) is 0 Å². The van der Waals surface area contributed by atoms with Crippen LogP contribution < -0.4 is 5.32 Å². The molecule has 0 rings (SSSR count). The van der Waals surface area contributed by atoms with E-state index in [1.807, 2.05) is 0 Å². The lowest BCUT2D eigenvalue weighted by Crippen LogP contribution is -2.30. The van der Waals surface area contributed by atoms with Gasteiger partial charge in [0.05, 0.1) is 6.42 Å². The van der Waals surface area contributed by atoms with E-state index in [0.29, 0.717) is 0 Å². The minimum atomic E-state index is -0.487. The Hall–Kier alpha value is -1.06. The number of rotatable bonds is 3. The van der Waals surface area contributed by atoms with Crippen molar-refractivity contribution in [2.45, 2.75) is 39.7 Å². The largest absolute Gasteiger partial charge is 0.460 e. The summed E-state index contributed by atoms with van der Waals surface area (Å²) in [6, 6.07) is 0. The Morgan fingerprint density at radius 3 is 2.21 bits per heavy atom. The van der Waals surface area contributed by atoms with Gasteiger partial charge in [0, 0.05) is 13.0 Å². The van der Waals surface area contributed by atoms with Crippen LogP contribution in [0.3, 0.4) is 0 Å². The van der Waals surface area contributed by atoms with E-state index >= 15 is 0 Å². The molecular weight excluding hydrogens is 182 g/mol. The van der Waals surface area contributed by atoms with Crippen LogP contribution in [-0.2, 0) is 14.3 Å². The highest BCUT2D eigenvalue weighted by Gasteiger charge is 2.21. The van der Waals surface area contributed by atoms with E-state index in [2.05, 4.69) is 5.32 Å². The lowest BCUT2D eigenvalue weighted by molar-refractivity contribution is -0.157. The number of hydrogen-bond donors (Lipinski definition) is 1. The second-order valence-corrected chi connectivity index (χ2v) is 4.31. The van der Waals surface area contributed by atoms with E-state index in [1.54, 1.807) is 34.7 Å². The summed E-state index contributed by atoms with van der Waals surface area (Å²) in [5.41, 5.74) is -0.487. The van der Waals surface area contributed by atoms with Crippen molar-refractivity contribution in [3.8, 4) is 0 Å². The summed E-state index contributed by atoms with van der Waals surface area (Å²) in [6.45, 7) is 7.10. The lowest BCUT2D eigenvalue weighted by atomic mass is 10.1. The van der Waals surface area contributed by atoms with Gasteiger partial charge in [0.25, 0.3) is 0 Å². The van der Waals surface area contributed by atoms with Gasteiger partial charge in [-0.1, -0.05) is 6.92 Å². The van der Waals surface area contributed by atoms with Gasteiger partial charge in [-0.05, 0) is 20.8 Å². The van der Waals surface area contributed by atoms with Crippen molar-refractivity contribution in [2.75, 3.05) is 7.05 Å². The molecule has 0 aromatic rings. The van der Waals surface area contributed by atoms with Gasteiger partial charge in [-0.15, -0.1) is 0 Å². The van der Waals surface area contributed by atoms with Gasteiger partial charge in [0.2, 0.25) is 5.91 Å². The van der Waals surface area contributed by atoms with Crippen LogP contribution in [-0.4, -0.2) is 24.5 Å². The first kappa shape index (κ1) is 12.9. The number of carbonyl (C=O) groups is 2. The van der Waals surface area contributed by atoms with Crippen LogP contribution in [0.4, 0.5) is 0 Å². The fourth-order valence-corrected chi connectivity index (χ4v) is 0.972. The normalized spacial score (nSPS) is 13.2. The van der Waals surface area contributed by atoms with E-state index in [-0.39, 0.29) is 24.2 Å². The van der Waals surface area contributed by atoms with Gasteiger partial charge in [-0.2, -0.15) is 0 Å². The zero-order valence-electron chi connectivity index (χ0n) is 9.51. The van der Waals surface area contributed by atoms with Crippen molar-refractivity contribution < 1.29 is 14.3 Å². The molecule has 0 aliphatic heterocycles. The highest BCUT2D eigenvalue weighted by Crippen LogP contribution is 2.11. The molecule has 0 aromatic heterocycles. The average Bonchev–Trinajstić information content (AvgIpc) is 1.99. The first-order valence-corrected chi connectivity index (χ1v) is 4.69. The zero-order valence-corrected chi connectivity index (χ0v) is 9.51. The SMILES string of the molecule is CNC(=O)C(C)CC(=O)OC(C)(C)C. The molecule has 82 valence electrons. The van der Waals surface area contributed by atoms with Crippen LogP contribution in [0.2, 0.25) is 0 Å². The minimum Gasteiger partial charge on any atom is -0.460 e. The molecule has 1 unspecified atom stereocenters. The first-order chi connectivity index (χ1) is 6.26. The number of ether oxygens (including phenoxy) is 1. The minimum absolute atomic E-state index is 0.122. The Bertz CT molecular complexity index is 218. The van der Waals surface area contributed by atoms with Gasteiger partial charge in [0.15, 0.2) is 0 Å².